The van der Waals surface area contributed by atoms with Crippen LogP contribution in [-0.4, -0.2) is 29.6 Å². The maximum atomic E-state index is 12.5. The molecule has 0 aromatic carbocycles. The molecule has 0 aromatic rings. The van der Waals surface area contributed by atoms with Crippen LogP contribution in [0.15, 0.2) is 0 Å². The van der Waals surface area contributed by atoms with Crippen LogP contribution in [0.1, 0.15) is 45.4 Å². The number of amides is 1. The first-order valence-electron chi connectivity index (χ1n) is 6.69. The minimum Gasteiger partial charge on any atom is -0.392 e. The van der Waals surface area contributed by atoms with Gasteiger partial charge in [0.25, 0.3) is 0 Å². The molecule has 1 heterocycles. The average Bonchev–Trinajstić information content (AvgIpc) is 2.79. The van der Waals surface area contributed by atoms with E-state index in [4.69, 9.17) is 22.7 Å². The van der Waals surface area contributed by atoms with Gasteiger partial charge in [-0.25, -0.2) is 0 Å². The Kier molecular flexibility index (Phi) is 3.92. The molecule has 1 aliphatic heterocycles. The van der Waals surface area contributed by atoms with Gasteiger partial charge in [0.1, 0.15) is 0 Å². The number of thiocarbonyl (C=S) groups is 1. The van der Waals surface area contributed by atoms with Crippen LogP contribution in [0.5, 0.6) is 0 Å². The Morgan fingerprint density at radius 2 is 1.94 bits per heavy atom. The highest BCUT2D eigenvalue weighted by Gasteiger charge is 2.46. The van der Waals surface area contributed by atoms with Crippen molar-refractivity contribution in [1.82, 2.24) is 5.32 Å². The molecule has 0 bridgehead atoms. The highest BCUT2D eigenvalue weighted by atomic mass is 32.1. The molecule has 4 nitrogen and oxygen atoms in total. The third kappa shape index (κ3) is 2.52. The molecular weight excluding hydrogens is 248 g/mol. The number of hydrogen-bond donors (Lipinski definition) is 2. The summed E-state index contributed by atoms with van der Waals surface area (Å²) in [6.07, 6.45) is 5.55. The minimum absolute atomic E-state index is 0.000463. The van der Waals surface area contributed by atoms with Crippen LogP contribution in [0, 0.1) is 5.41 Å². The van der Waals surface area contributed by atoms with Gasteiger partial charge < -0.3 is 15.8 Å². The number of ether oxygens (including phenoxy) is 1. The van der Waals surface area contributed by atoms with Gasteiger partial charge in [0.2, 0.25) is 5.91 Å². The average molecular weight is 270 g/mol. The summed E-state index contributed by atoms with van der Waals surface area (Å²) in [5.74, 6) is 0.000463. The SMILES string of the molecule is CC1(NC(=O)C2(C(N)=S)CCCC2)CCCOC1. The van der Waals surface area contributed by atoms with Gasteiger partial charge in [0, 0.05) is 6.61 Å². The Balaban J connectivity index is 2.08. The van der Waals surface area contributed by atoms with Gasteiger partial charge >= 0.3 is 0 Å². The van der Waals surface area contributed by atoms with E-state index in [1.807, 2.05) is 6.92 Å². The zero-order valence-electron chi connectivity index (χ0n) is 11.0. The normalized spacial score (nSPS) is 30.9. The van der Waals surface area contributed by atoms with E-state index in [0.717, 1.165) is 45.1 Å². The number of carbonyl (C=O) groups excluding carboxylic acids is 1. The number of nitrogens with one attached hydrogen (secondary N) is 1. The fraction of sp³-hybridized carbons (Fsp3) is 0.846. The fourth-order valence-electron chi connectivity index (χ4n) is 2.99. The minimum atomic E-state index is -0.615. The largest absolute Gasteiger partial charge is 0.392 e. The summed E-state index contributed by atoms with van der Waals surface area (Å²) in [7, 11) is 0. The third-order valence-corrected chi connectivity index (χ3v) is 4.61. The maximum Gasteiger partial charge on any atom is 0.233 e. The summed E-state index contributed by atoms with van der Waals surface area (Å²) in [6, 6.07) is 0. The van der Waals surface area contributed by atoms with E-state index in [0.29, 0.717) is 11.6 Å². The first kappa shape index (κ1) is 13.7. The number of nitrogens with two attached hydrogens (primary N) is 1. The van der Waals surface area contributed by atoms with Crippen LogP contribution in [0.2, 0.25) is 0 Å². The molecule has 1 atom stereocenters. The van der Waals surface area contributed by atoms with Crippen molar-refractivity contribution in [1.29, 1.82) is 0 Å². The monoisotopic (exact) mass is 270 g/mol. The summed E-state index contributed by atoms with van der Waals surface area (Å²) in [5.41, 5.74) is 4.94. The lowest BCUT2D eigenvalue weighted by molar-refractivity contribution is -0.131. The molecule has 1 aliphatic carbocycles. The summed E-state index contributed by atoms with van der Waals surface area (Å²) in [4.78, 5) is 12.9. The number of hydrogen-bond acceptors (Lipinski definition) is 3. The standard InChI is InChI=1S/C13H22N2O2S/c1-12(5-4-8-17-9-12)15-11(16)13(10(14)18)6-2-3-7-13/h2-9H2,1H3,(H2,14,18)(H,15,16). The van der Waals surface area contributed by atoms with Crippen LogP contribution < -0.4 is 11.1 Å². The van der Waals surface area contributed by atoms with Gasteiger partial charge in [-0.1, -0.05) is 25.1 Å². The van der Waals surface area contributed by atoms with E-state index in [1.54, 1.807) is 0 Å². The molecule has 18 heavy (non-hydrogen) atoms. The second kappa shape index (κ2) is 5.13. The highest BCUT2D eigenvalue weighted by molar-refractivity contribution is 7.80. The van der Waals surface area contributed by atoms with Crippen molar-refractivity contribution >= 4 is 23.1 Å². The van der Waals surface area contributed by atoms with Crippen LogP contribution in [-0.2, 0) is 9.53 Å². The van der Waals surface area contributed by atoms with E-state index in [1.165, 1.54) is 0 Å². The van der Waals surface area contributed by atoms with Crippen LogP contribution in [0.3, 0.4) is 0 Å². The molecule has 1 unspecified atom stereocenters. The molecular formula is C13H22N2O2S. The lowest BCUT2D eigenvalue weighted by atomic mass is 9.83. The molecule has 0 radical (unpaired) electrons. The third-order valence-electron chi connectivity index (χ3n) is 4.22. The van der Waals surface area contributed by atoms with Crippen molar-refractivity contribution in [2.24, 2.45) is 11.1 Å². The number of rotatable bonds is 3. The smallest absolute Gasteiger partial charge is 0.233 e. The lowest BCUT2D eigenvalue weighted by Crippen LogP contribution is -2.57. The van der Waals surface area contributed by atoms with Gasteiger partial charge in [-0.2, -0.15) is 0 Å². The first-order chi connectivity index (χ1) is 8.49. The molecule has 102 valence electrons. The molecule has 0 spiro atoms. The molecule has 5 heteroatoms. The van der Waals surface area contributed by atoms with Gasteiger partial charge in [0.15, 0.2) is 0 Å². The molecule has 3 N–H and O–H groups in total. The predicted molar refractivity (Wildman–Crippen MR) is 74.3 cm³/mol. The van der Waals surface area contributed by atoms with Crippen molar-refractivity contribution in [3.05, 3.63) is 0 Å². The van der Waals surface area contributed by atoms with Crippen molar-refractivity contribution in [3.8, 4) is 0 Å². The Bertz CT molecular complexity index is 345. The van der Waals surface area contributed by atoms with Crippen LogP contribution in [0.4, 0.5) is 0 Å². The van der Waals surface area contributed by atoms with Crippen molar-refractivity contribution in [2.75, 3.05) is 13.2 Å². The van der Waals surface area contributed by atoms with Crippen molar-refractivity contribution in [3.63, 3.8) is 0 Å². The zero-order valence-corrected chi connectivity index (χ0v) is 11.8. The van der Waals surface area contributed by atoms with Gasteiger partial charge in [0.05, 0.1) is 22.5 Å². The summed E-state index contributed by atoms with van der Waals surface area (Å²) < 4.78 is 5.46. The van der Waals surface area contributed by atoms with E-state index < -0.39 is 5.41 Å². The Labute approximate surface area is 114 Å². The topological polar surface area (TPSA) is 64.4 Å². The summed E-state index contributed by atoms with van der Waals surface area (Å²) >= 11 is 5.13. The maximum absolute atomic E-state index is 12.5. The van der Waals surface area contributed by atoms with Gasteiger partial charge in [-0.3, -0.25) is 4.79 Å². The summed E-state index contributed by atoms with van der Waals surface area (Å²) in [5, 5.41) is 3.13. The summed E-state index contributed by atoms with van der Waals surface area (Å²) in [6.45, 7) is 3.39. The number of carbonyl (C=O) groups is 1. The van der Waals surface area contributed by atoms with E-state index in [2.05, 4.69) is 5.32 Å². The van der Waals surface area contributed by atoms with E-state index in [-0.39, 0.29) is 11.4 Å². The Hall–Kier alpha value is -0.680. The van der Waals surface area contributed by atoms with Gasteiger partial charge in [-0.05, 0) is 32.6 Å². The molecule has 2 rings (SSSR count). The van der Waals surface area contributed by atoms with Crippen molar-refractivity contribution < 1.29 is 9.53 Å². The lowest BCUT2D eigenvalue weighted by Gasteiger charge is -2.38. The van der Waals surface area contributed by atoms with Crippen molar-refractivity contribution in [2.45, 2.75) is 51.0 Å². The quantitative estimate of drug-likeness (QED) is 0.763. The predicted octanol–water partition coefficient (Wildman–Crippen LogP) is 1.52. The highest BCUT2D eigenvalue weighted by Crippen LogP contribution is 2.39. The van der Waals surface area contributed by atoms with Crippen LogP contribution in [0.25, 0.3) is 0 Å². The molecule has 1 saturated heterocycles. The van der Waals surface area contributed by atoms with E-state index in [9.17, 15) is 4.79 Å². The molecule has 1 saturated carbocycles. The Morgan fingerprint density at radius 3 is 2.44 bits per heavy atom. The Morgan fingerprint density at radius 1 is 1.28 bits per heavy atom. The van der Waals surface area contributed by atoms with Gasteiger partial charge in [-0.15, -0.1) is 0 Å². The first-order valence-corrected chi connectivity index (χ1v) is 7.10. The van der Waals surface area contributed by atoms with Crippen LogP contribution >= 0.6 is 12.2 Å². The molecule has 1 amide bonds. The second-order valence-corrected chi connectivity index (χ2v) is 6.26. The molecule has 0 aromatic heterocycles. The zero-order chi connectivity index (χ0) is 13.2. The molecule has 2 fully saturated rings. The fourth-order valence-corrected chi connectivity index (χ4v) is 3.29. The molecule has 2 aliphatic rings. The van der Waals surface area contributed by atoms with E-state index >= 15 is 0 Å². The second-order valence-electron chi connectivity index (χ2n) is 5.82.